The van der Waals surface area contributed by atoms with E-state index in [1.54, 1.807) is 18.2 Å². The molecule has 0 aliphatic rings. The first kappa shape index (κ1) is 25.6. The van der Waals surface area contributed by atoms with E-state index < -0.39 is 23.1 Å². The van der Waals surface area contributed by atoms with E-state index in [2.05, 4.69) is 10.3 Å². The van der Waals surface area contributed by atoms with E-state index in [1.165, 1.54) is 72.6 Å². The third-order valence-electron chi connectivity index (χ3n) is 5.98. The third-order valence-corrected chi connectivity index (χ3v) is 5.98. The normalized spacial score (nSPS) is 10.9. The fourth-order valence-electron chi connectivity index (χ4n) is 4.05. The molecule has 196 valence electrons. The molecule has 2 aromatic heterocycles. The number of rotatable bonds is 7. The number of benzene rings is 3. The molecule has 0 bridgehead atoms. The minimum Gasteiger partial charge on any atom is -0.496 e. The predicted molar refractivity (Wildman–Crippen MR) is 141 cm³/mol. The minimum atomic E-state index is -0.759. The smallest absolute Gasteiger partial charge is 0.267 e. The molecular weight excluding hydrogens is 508 g/mol. The van der Waals surface area contributed by atoms with Gasteiger partial charge in [0.1, 0.15) is 22.9 Å². The molecule has 0 saturated carbocycles. The topological polar surface area (TPSA) is 103 Å². The van der Waals surface area contributed by atoms with Gasteiger partial charge in [0.2, 0.25) is 0 Å². The van der Waals surface area contributed by atoms with Gasteiger partial charge in [-0.25, -0.2) is 8.78 Å². The average Bonchev–Trinajstić information content (AvgIpc) is 2.94. The maximum atomic E-state index is 15.0. The third kappa shape index (κ3) is 5.18. The average molecular weight is 529 g/mol. The number of hydrogen-bond donors (Lipinski definition) is 2. The predicted octanol–water partition coefficient (Wildman–Crippen LogP) is 5.21. The number of nitrogens with one attached hydrogen (secondary N) is 1. The van der Waals surface area contributed by atoms with Crippen molar-refractivity contribution in [1.82, 2.24) is 9.55 Å². The molecule has 0 aliphatic carbocycles. The van der Waals surface area contributed by atoms with Gasteiger partial charge < -0.3 is 19.9 Å². The van der Waals surface area contributed by atoms with Crippen LogP contribution >= 0.6 is 0 Å². The maximum absolute atomic E-state index is 15.0. The van der Waals surface area contributed by atoms with Crippen LogP contribution in [0.15, 0.2) is 90.0 Å². The van der Waals surface area contributed by atoms with Crippen LogP contribution in [0.25, 0.3) is 16.6 Å². The van der Waals surface area contributed by atoms with Gasteiger partial charge in [0.25, 0.3) is 11.5 Å². The van der Waals surface area contributed by atoms with E-state index >= 15 is 4.39 Å². The molecule has 2 heterocycles. The van der Waals surface area contributed by atoms with Gasteiger partial charge in [0, 0.05) is 46.9 Å². The minimum absolute atomic E-state index is 0.105. The van der Waals surface area contributed by atoms with E-state index in [1.807, 2.05) is 0 Å². The Labute approximate surface area is 220 Å². The van der Waals surface area contributed by atoms with Crippen LogP contribution < -0.4 is 20.3 Å². The first-order valence-corrected chi connectivity index (χ1v) is 11.7. The highest BCUT2D eigenvalue weighted by Crippen LogP contribution is 2.34. The maximum Gasteiger partial charge on any atom is 0.267 e. The zero-order valence-corrected chi connectivity index (χ0v) is 20.5. The molecular formula is C29H21F2N3O5. The van der Waals surface area contributed by atoms with Gasteiger partial charge in [-0.05, 0) is 60.7 Å². The zero-order chi connectivity index (χ0) is 27.5. The van der Waals surface area contributed by atoms with Crippen LogP contribution in [0.4, 0.5) is 14.5 Å². The van der Waals surface area contributed by atoms with Gasteiger partial charge >= 0.3 is 0 Å². The number of fused-ring (bicyclic) bond motifs is 1. The second-order valence-electron chi connectivity index (χ2n) is 8.42. The van der Waals surface area contributed by atoms with Crippen molar-refractivity contribution in [2.24, 2.45) is 0 Å². The Bertz CT molecular complexity index is 1750. The number of aliphatic hydroxyl groups excluding tert-OH is 1. The SMILES string of the molecule is COc1cc2nccc(Oc3ccc(NC(=O)c4cccn(-c5ccc(F)cc5)c4=O)cc3F)c2cc1CO. The molecule has 5 rings (SSSR count). The zero-order valence-electron chi connectivity index (χ0n) is 20.5. The lowest BCUT2D eigenvalue weighted by Crippen LogP contribution is -2.27. The number of halogens is 2. The van der Waals surface area contributed by atoms with Crippen LogP contribution in [0.3, 0.4) is 0 Å². The fraction of sp³-hybridized carbons (Fsp3) is 0.0690. The molecule has 0 saturated heterocycles. The largest absolute Gasteiger partial charge is 0.496 e. The van der Waals surface area contributed by atoms with Crippen molar-refractivity contribution in [3.05, 3.63) is 118 Å². The Kier molecular flexibility index (Phi) is 7.02. The number of hydrogen-bond acceptors (Lipinski definition) is 6. The molecule has 39 heavy (non-hydrogen) atoms. The summed E-state index contributed by atoms with van der Waals surface area (Å²) in [5.74, 6) is -1.30. The van der Waals surface area contributed by atoms with Gasteiger partial charge in [-0.1, -0.05) is 0 Å². The fourth-order valence-corrected chi connectivity index (χ4v) is 4.05. The molecule has 10 heteroatoms. The first-order valence-electron chi connectivity index (χ1n) is 11.7. The van der Waals surface area contributed by atoms with Gasteiger partial charge in [-0.3, -0.25) is 19.1 Å². The summed E-state index contributed by atoms with van der Waals surface area (Å²) in [6.07, 6.45) is 2.96. The van der Waals surface area contributed by atoms with Gasteiger partial charge in [-0.2, -0.15) is 0 Å². The Morgan fingerprint density at radius 3 is 2.51 bits per heavy atom. The Hall–Kier alpha value is -5.09. The number of pyridine rings is 2. The Morgan fingerprint density at radius 1 is 1.00 bits per heavy atom. The van der Waals surface area contributed by atoms with Crippen LogP contribution in [0.2, 0.25) is 0 Å². The van der Waals surface area contributed by atoms with E-state index in [-0.39, 0.29) is 23.6 Å². The number of aliphatic hydroxyl groups is 1. The first-order chi connectivity index (χ1) is 18.9. The lowest BCUT2D eigenvalue weighted by Gasteiger charge is -2.13. The lowest BCUT2D eigenvalue weighted by atomic mass is 10.1. The van der Waals surface area contributed by atoms with E-state index in [4.69, 9.17) is 9.47 Å². The molecule has 5 aromatic rings. The van der Waals surface area contributed by atoms with Crippen molar-refractivity contribution in [2.45, 2.75) is 6.61 Å². The molecule has 0 spiro atoms. The number of amides is 1. The molecule has 0 radical (unpaired) electrons. The summed E-state index contributed by atoms with van der Waals surface area (Å²) in [6, 6.07) is 16.8. The number of methoxy groups -OCH3 is 1. The van der Waals surface area contributed by atoms with Crippen LogP contribution in [0.1, 0.15) is 15.9 Å². The highest BCUT2D eigenvalue weighted by Gasteiger charge is 2.16. The van der Waals surface area contributed by atoms with Gasteiger partial charge in [0.05, 0.1) is 19.2 Å². The molecule has 0 aliphatic heterocycles. The molecule has 2 N–H and O–H groups in total. The van der Waals surface area contributed by atoms with Crippen LogP contribution in [0, 0.1) is 11.6 Å². The number of anilines is 1. The summed E-state index contributed by atoms with van der Waals surface area (Å²) in [5, 5.41) is 12.7. The molecule has 0 fully saturated rings. The second-order valence-corrected chi connectivity index (χ2v) is 8.42. The molecule has 0 atom stereocenters. The number of nitrogens with zero attached hydrogens (tertiary/aromatic N) is 2. The van der Waals surface area contributed by atoms with Crippen molar-refractivity contribution >= 4 is 22.5 Å². The van der Waals surface area contributed by atoms with Crippen molar-refractivity contribution in [2.75, 3.05) is 12.4 Å². The van der Waals surface area contributed by atoms with Crippen LogP contribution in [-0.4, -0.2) is 27.7 Å². The molecule has 1 amide bonds. The highest BCUT2D eigenvalue weighted by atomic mass is 19.1. The van der Waals surface area contributed by atoms with Crippen molar-refractivity contribution in [3.8, 4) is 22.9 Å². The van der Waals surface area contributed by atoms with Crippen LogP contribution in [-0.2, 0) is 6.61 Å². The highest BCUT2D eigenvalue weighted by molar-refractivity contribution is 6.04. The summed E-state index contributed by atoms with van der Waals surface area (Å²) in [7, 11) is 1.48. The van der Waals surface area contributed by atoms with Gasteiger partial charge in [-0.15, -0.1) is 0 Å². The summed E-state index contributed by atoms with van der Waals surface area (Å²) in [5.41, 5.74) is 0.734. The number of carbonyl (C=O) groups excluding carboxylic acids is 1. The molecule has 8 nitrogen and oxygen atoms in total. The molecule has 3 aromatic carbocycles. The summed E-state index contributed by atoms with van der Waals surface area (Å²) < 4.78 is 40.5. The van der Waals surface area contributed by atoms with Gasteiger partial charge in [0.15, 0.2) is 11.6 Å². The lowest BCUT2D eigenvalue weighted by molar-refractivity contribution is 0.102. The Balaban J connectivity index is 1.38. The quantitative estimate of drug-likeness (QED) is 0.300. The van der Waals surface area contributed by atoms with E-state index in [0.717, 1.165) is 6.07 Å². The number of aromatic nitrogens is 2. The second kappa shape index (κ2) is 10.7. The molecule has 0 unspecified atom stereocenters. The summed E-state index contributed by atoms with van der Waals surface area (Å²) >= 11 is 0. The monoisotopic (exact) mass is 529 g/mol. The Morgan fingerprint density at radius 2 is 1.79 bits per heavy atom. The standard InChI is InChI=1S/C29H21F2N3O5/c1-38-27-15-24-22(13-17(27)16-35)25(10-11-32-24)39-26-9-6-19(14-23(26)31)33-28(36)21-3-2-12-34(29(21)37)20-7-4-18(30)5-8-20/h2-15,35H,16H2,1H3,(H,33,36). The van der Waals surface area contributed by atoms with Crippen molar-refractivity contribution in [3.63, 3.8) is 0 Å². The number of carbonyl (C=O) groups is 1. The van der Waals surface area contributed by atoms with Crippen LogP contribution in [0.5, 0.6) is 17.2 Å². The van der Waals surface area contributed by atoms with E-state index in [9.17, 15) is 19.1 Å². The van der Waals surface area contributed by atoms with Crippen molar-refractivity contribution in [1.29, 1.82) is 0 Å². The van der Waals surface area contributed by atoms with E-state index in [0.29, 0.717) is 33.7 Å². The number of ether oxygens (including phenoxy) is 2. The van der Waals surface area contributed by atoms with Crippen molar-refractivity contribution < 1.29 is 28.2 Å². The summed E-state index contributed by atoms with van der Waals surface area (Å²) in [6.45, 7) is -0.271. The summed E-state index contributed by atoms with van der Waals surface area (Å²) in [4.78, 5) is 30.0.